The second-order valence-electron chi connectivity index (χ2n) is 6.22. The summed E-state index contributed by atoms with van der Waals surface area (Å²) in [4.78, 5) is 2.53. The highest BCUT2D eigenvalue weighted by Gasteiger charge is 2.27. The van der Waals surface area contributed by atoms with Crippen LogP contribution < -0.4 is 5.32 Å². The van der Waals surface area contributed by atoms with E-state index >= 15 is 0 Å². The third kappa shape index (κ3) is 5.98. The van der Waals surface area contributed by atoms with Crippen LogP contribution in [0.15, 0.2) is 12.7 Å². The molecule has 0 aromatic carbocycles. The third-order valence-corrected chi connectivity index (χ3v) is 3.55. The maximum absolute atomic E-state index is 5.61. The van der Waals surface area contributed by atoms with E-state index in [4.69, 9.17) is 4.74 Å². The van der Waals surface area contributed by atoms with Gasteiger partial charge in [0, 0.05) is 19.1 Å². The minimum absolute atomic E-state index is 0.326. The standard InChI is InChI=1S/C15H30N2O/c1-5-6-11-18-12-10-17-9-7-8-16-14(13-17)15(2,3)4/h5,14,16H,1,6-13H2,2-4H3. The molecule has 1 aliphatic heterocycles. The molecular formula is C15H30N2O. The number of hydrogen-bond donors (Lipinski definition) is 1. The van der Waals surface area contributed by atoms with Crippen molar-refractivity contribution in [2.45, 2.75) is 39.7 Å². The van der Waals surface area contributed by atoms with Crippen molar-refractivity contribution < 1.29 is 4.74 Å². The summed E-state index contributed by atoms with van der Waals surface area (Å²) in [5.74, 6) is 0. The Hall–Kier alpha value is -0.380. The molecule has 1 rings (SSSR count). The van der Waals surface area contributed by atoms with E-state index in [0.29, 0.717) is 11.5 Å². The second-order valence-corrected chi connectivity index (χ2v) is 6.22. The first-order valence-corrected chi connectivity index (χ1v) is 7.18. The van der Waals surface area contributed by atoms with Crippen LogP contribution in [0.5, 0.6) is 0 Å². The predicted octanol–water partition coefficient (Wildman–Crippen LogP) is 2.29. The van der Waals surface area contributed by atoms with E-state index in [9.17, 15) is 0 Å². The van der Waals surface area contributed by atoms with E-state index < -0.39 is 0 Å². The largest absolute Gasteiger partial charge is 0.380 e. The summed E-state index contributed by atoms with van der Waals surface area (Å²) < 4.78 is 5.61. The SMILES string of the molecule is C=CCCOCCN1CCCNC(C(C)(C)C)C1. The number of nitrogens with zero attached hydrogens (tertiary/aromatic N) is 1. The zero-order chi connectivity index (χ0) is 13.4. The van der Waals surface area contributed by atoms with E-state index in [1.165, 1.54) is 13.0 Å². The van der Waals surface area contributed by atoms with Crippen LogP contribution in [0.2, 0.25) is 0 Å². The maximum atomic E-state index is 5.61. The first-order valence-electron chi connectivity index (χ1n) is 7.18. The minimum atomic E-state index is 0.326. The van der Waals surface area contributed by atoms with Gasteiger partial charge in [-0.2, -0.15) is 0 Å². The molecule has 3 heteroatoms. The van der Waals surface area contributed by atoms with Crippen LogP contribution in [0.3, 0.4) is 0 Å². The van der Waals surface area contributed by atoms with Gasteiger partial charge in [0.25, 0.3) is 0 Å². The Bertz CT molecular complexity index is 235. The Balaban J connectivity index is 2.28. The van der Waals surface area contributed by atoms with Gasteiger partial charge >= 0.3 is 0 Å². The lowest BCUT2D eigenvalue weighted by atomic mass is 9.86. The molecule has 0 aromatic heterocycles. The number of nitrogens with one attached hydrogen (secondary N) is 1. The lowest BCUT2D eigenvalue weighted by Gasteiger charge is -2.33. The van der Waals surface area contributed by atoms with Crippen LogP contribution in [0, 0.1) is 5.41 Å². The summed E-state index contributed by atoms with van der Waals surface area (Å²) in [6.45, 7) is 16.8. The Labute approximate surface area is 113 Å². The molecule has 0 saturated carbocycles. The first-order chi connectivity index (χ1) is 8.54. The quantitative estimate of drug-likeness (QED) is 0.581. The van der Waals surface area contributed by atoms with Crippen molar-refractivity contribution in [2.75, 3.05) is 39.4 Å². The zero-order valence-electron chi connectivity index (χ0n) is 12.4. The summed E-state index contributed by atoms with van der Waals surface area (Å²) in [5.41, 5.74) is 0.326. The second kappa shape index (κ2) is 7.93. The predicted molar refractivity (Wildman–Crippen MR) is 77.9 cm³/mol. The van der Waals surface area contributed by atoms with Crippen LogP contribution in [0.4, 0.5) is 0 Å². The average Bonchev–Trinajstić information content (AvgIpc) is 2.54. The smallest absolute Gasteiger partial charge is 0.0593 e. The van der Waals surface area contributed by atoms with Crippen molar-refractivity contribution in [1.82, 2.24) is 10.2 Å². The van der Waals surface area contributed by atoms with Gasteiger partial charge in [-0.15, -0.1) is 6.58 Å². The van der Waals surface area contributed by atoms with Gasteiger partial charge in [-0.1, -0.05) is 26.8 Å². The van der Waals surface area contributed by atoms with Crippen LogP contribution in [-0.2, 0) is 4.74 Å². The van der Waals surface area contributed by atoms with E-state index in [-0.39, 0.29) is 0 Å². The van der Waals surface area contributed by atoms with Gasteiger partial charge in [0.05, 0.1) is 13.2 Å². The summed E-state index contributed by atoms with van der Waals surface area (Å²) in [6.07, 6.45) is 4.09. The molecule has 1 aliphatic rings. The number of ether oxygens (including phenoxy) is 1. The molecule has 3 nitrogen and oxygen atoms in total. The van der Waals surface area contributed by atoms with Gasteiger partial charge in [-0.3, -0.25) is 4.90 Å². The van der Waals surface area contributed by atoms with Gasteiger partial charge in [0.15, 0.2) is 0 Å². The normalized spacial score (nSPS) is 22.7. The molecule has 1 saturated heterocycles. The molecule has 1 unspecified atom stereocenters. The maximum Gasteiger partial charge on any atom is 0.0593 e. The Kier molecular flexibility index (Phi) is 6.90. The lowest BCUT2D eigenvalue weighted by molar-refractivity contribution is 0.0995. The third-order valence-electron chi connectivity index (χ3n) is 3.55. The minimum Gasteiger partial charge on any atom is -0.380 e. The molecule has 0 amide bonds. The van der Waals surface area contributed by atoms with Crippen molar-refractivity contribution >= 4 is 0 Å². The first kappa shape index (κ1) is 15.7. The monoisotopic (exact) mass is 254 g/mol. The molecule has 106 valence electrons. The van der Waals surface area contributed by atoms with Crippen LogP contribution in [0.25, 0.3) is 0 Å². The fraction of sp³-hybridized carbons (Fsp3) is 0.867. The van der Waals surface area contributed by atoms with Gasteiger partial charge in [0.1, 0.15) is 0 Å². The molecular weight excluding hydrogens is 224 g/mol. The van der Waals surface area contributed by atoms with E-state index in [0.717, 1.165) is 39.3 Å². The molecule has 1 N–H and O–H groups in total. The van der Waals surface area contributed by atoms with Crippen molar-refractivity contribution in [2.24, 2.45) is 5.41 Å². The summed E-state index contributed by atoms with van der Waals surface area (Å²) in [7, 11) is 0. The number of rotatable bonds is 6. The van der Waals surface area contributed by atoms with Crippen molar-refractivity contribution in [3.05, 3.63) is 12.7 Å². The van der Waals surface area contributed by atoms with Crippen molar-refractivity contribution in [3.8, 4) is 0 Å². The summed E-state index contributed by atoms with van der Waals surface area (Å²) in [5, 5.41) is 3.67. The van der Waals surface area contributed by atoms with Crippen LogP contribution >= 0.6 is 0 Å². The summed E-state index contributed by atoms with van der Waals surface area (Å²) in [6, 6.07) is 0.577. The highest BCUT2D eigenvalue weighted by molar-refractivity contribution is 4.85. The van der Waals surface area contributed by atoms with Crippen LogP contribution in [0.1, 0.15) is 33.6 Å². The molecule has 0 radical (unpaired) electrons. The van der Waals surface area contributed by atoms with Gasteiger partial charge in [0.2, 0.25) is 0 Å². The van der Waals surface area contributed by atoms with Crippen LogP contribution in [-0.4, -0.2) is 50.3 Å². The Morgan fingerprint density at radius 2 is 2.17 bits per heavy atom. The Morgan fingerprint density at radius 1 is 1.39 bits per heavy atom. The molecule has 1 heterocycles. The van der Waals surface area contributed by atoms with E-state index in [2.05, 4.69) is 37.6 Å². The average molecular weight is 254 g/mol. The lowest BCUT2D eigenvalue weighted by Crippen LogP contribution is -2.46. The van der Waals surface area contributed by atoms with Gasteiger partial charge in [-0.25, -0.2) is 0 Å². The van der Waals surface area contributed by atoms with E-state index in [1.54, 1.807) is 0 Å². The molecule has 1 fully saturated rings. The molecule has 0 spiro atoms. The van der Waals surface area contributed by atoms with Crippen molar-refractivity contribution in [1.29, 1.82) is 0 Å². The highest BCUT2D eigenvalue weighted by atomic mass is 16.5. The Morgan fingerprint density at radius 3 is 2.83 bits per heavy atom. The molecule has 18 heavy (non-hydrogen) atoms. The fourth-order valence-electron chi connectivity index (χ4n) is 2.24. The van der Waals surface area contributed by atoms with E-state index in [1.807, 2.05) is 6.08 Å². The topological polar surface area (TPSA) is 24.5 Å². The number of hydrogen-bond acceptors (Lipinski definition) is 3. The molecule has 0 aliphatic carbocycles. The fourth-order valence-corrected chi connectivity index (χ4v) is 2.24. The van der Waals surface area contributed by atoms with Crippen molar-refractivity contribution in [3.63, 3.8) is 0 Å². The molecule has 0 bridgehead atoms. The highest BCUT2D eigenvalue weighted by Crippen LogP contribution is 2.21. The molecule has 0 aromatic rings. The zero-order valence-corrected chi connectivity index (χ0v) is 12.4. The van der Waals surface area contributed by atoms with Gasteiger partial charge in [-0.05, 0) is 31.3 Å². The summed E-state index contributed by atoms with van der Waals surface area (Å²) >= 11 is 0. The molecule has 1 atom stereocenters. The van der Waals surface area contributed by atoms with Gasteiger partial charge < -0.3 is 10.1 Å².